The Bertz CT molecular complexity index is 113. The molecule has 0 unspecified atom stereocenters. The number of rotatable bonds is 0. The zero-order valence-electron chi connectivity index (χ0n) is 3.33. The highest BCUT2D eigenvalue weighted by molar-refractivity contribution is 5.89. The molecule has 1 amide bonds. The van der Waals surface area contributed by atoms with Gasteiger partial charge in [0, 0.05) is 0 Å². The van der Waals surface area contributed by atoms with E-state index in [1.165, 1.54) is 0 Å². The summed E-state index contributed by atoms with van der Waals surface area (Å²) in [4.78, 5) is 9.70. The third kappa shape index (κ3) is 1.70. The van der Waals surface area contributed by atoms with Gasteiger partial charge in [0.15, 0.2) is 6.07 Å². The first-order valence-electron chi connectivity index (χ1n) is 1.36. The summed E-state index contributed by atoms with van der Waals surface area (Å²) in [6.45, 7) is 0. The average Bonchev–Trinajstić information content (AvgIpc) is 1.65. The number of nitrogens with two attached hydrogens (primary N) is 1. The fourth-order valence-electron chi connectivity index (χ4n) is 0.0512. The zero-order valence-corrected chi connectivity index (χ0v) is 3.33. The second-order valence-electron chi connectivity index (χ2n) is 0.762. The molecule has 0 aliphatic rings. The molecule has 0 heterocycles. The number of hydrogen-bond donors (Lipinski definition) is 2. The molecule has 0 saturated heterocycles. The standard InChI is InChI=1S/C2H3N3O2/c3-1-2(6)5(4)7/h7H,4H2. The summed E-state index contributed by atoms with van der Waals surface area (Å²) in [5, 5.41) is 15.2. The Hall–Kier alpha value is -1.12. The average molecular weight is 101 g/mol. The predicted octanol–water partition coefficient (Wildman–Crippen LogP) is -1.40. The van der Waals surface area contributed by atoms with Crippen LogP contribution in [-0.2, 0) is 4.79 Å². The molecule has 5 nitrogen and oxygen atoms in total. The molecular weight excluding hydrogens is 98.0 g/mol. The topological polar surface area (TPSA) is 90.4 Å². The van der Waals surface area contributed by atoms with Gasteiger partial charge < -0.3 is 0 Å². The van der Waals surface area contributed by atoms with Crippen LogP contribution in [-0.4, -0.2) is 16.3 Å². The van der Waals surface area contributed by atoms with Crippen molar-refractivity contribution in [1.29, 1.82) is 5.26 Å². The molecule has 7 heavy (non-hydrogen) atoms. The van der Waals surface area contributed by atoms with E-state index in [0.717, 1.165) is 6.07 Å². The molecule has 0 radical (unpaired) electrons. The Kier molecular flexibility index (Phi) is 1.78. The van der Waals surface area contributed by atoms with Gasteiger partial charge in [-0.3, -0.25) is 10.0 Å². The first-order chi connectivity index (χ1) is 3.18. The van der Waals surface area contributed by atoms with Crippen LogP contribution in [0.15, 0.2) is 0 Å². The maximum absolute atomic E-state index is 9.70. The summed E-state index contributed by atoms with van der Waals surface area (Å²) >= 11 is 0. The molecule has 0 fully saturated rings. The van der Waals surface area contributed by atoms with Gasteiger partial charge in [0.25, 0.3) is 0 Å². The van der Waals surface area contributed by atoms with E-state index in [1.54, 1.807) is 0 Å². The number of nitrogens with zero attached hydrogens (tertiary/aromatic N) is 2. The SMILES string of the molecule is N#CC(=O)N(N)O. The molecule has 0 aromatic rings. The van der Waals surface area contributed by atoms with Gasteiger partial charge in [-0.2, -0.15) is 5.26 Å². The Labute approximate surface area is 39.5 Å². The van der Waals surface area contributed by atoms with Crippen molar-refractivity contribution in [2.45, 2.75) is 0 Å². The first kappa shape index (κ1) is 5.88. The van der Waals surface area contributed by atoms with Crippen molar-refractivity contribution < 1.29 is 10.0 Å². The molecule has 0 aliphatic carbocycles. The van der Waals surface area contributed by atoms with Gasteiger partial charge in [-0.05, 0) is 0 Å². The first-order valence-corrected chi connectivity index (χ1v) is 1.36. The normalized spacial score (nSPS) is 7.00. The molecule has 5 heteroatoms. The van der Waals surface area contributed by atoms with Crippen molar-refractivity contribution >= 4 is 5.91 Å². The number of carbonyl (C=O) groups is 1. The molecule has 0 saturated carbocycles. The van der Waals surface area contributed by atoms with Gasteiger partial charge in [0.05, 0.1) is 0 Å². The second-order valence-corrected chi connectivity index (χ2v) is 0.762. The van der Waals surface area contributed by atoms with Gasteiger partial charge >= 0.3 is 5.91 Å². The number of hydrazine groups is 1. The molecule has 3 N–H and O–H groups in total. The van der Waals surface area contributed by atoms with Crippen molar-refractivity contribution in [2.75, 3.05) is 0 Å². The van der Waals surface area contributed by atoms with Crippen LogP contribution in [0.1, 0.15) is 0 Å². The summed E-state index contributed by atoms with van der Waals surface area (Å²) in [5.41, 5.74) is 0. The van der Waals surface area contributed by atoms with E-state index in [4.69, 9.17) is 10.5 Å². The lowest BCUT2D eigenvalue weighted by Gasteiger charge is -1.96. The van der Waals surface area contributed by atoms with Gasteiger partial charge in [-0.1, -0.05) is 0 Å². The zero-order chi connectivity index (χ0) is 5.86. The van der Waals surface area contributed by atoms with Crippen LogP contribution < -0.4 is 5.84 Å². The summed E-state index contributed by atoms with van der Waals surface area (Å²) in [6, 6.07) is 1.08. The quantitative estimate of drug-likeness (QED) is 0.129. The molecule has 0 aromatic heterocycles. The van der Waals surface area contributed by atoms with Crippen LogP contribution in [0.4, 0.5) is 0 Å². The number of hydroxylamine groups is 1. The minimum absolute atomic E-state index is 0.278. The van der Waals surface area contributed by atoms with Crippen LogP contribution in [0.25, 0.3) is 0 Å². The van der Waals surface area contributed by atoms with Crippen molar-refractivity contribution in [1.82, 2.24) is 5.17 Å². The minimum atomic E-state index is -1.18. The predicted molar refractivity (Wildman–Crippen MR) is 18.4 cm³/mol. The molecule has 0 aliphatic heterocycles. The third-order valence-electron chi connectivity index (χ3n) is 0.304. The Balaban J connectivity index is 3.64. The van der Waals surface area contributed by atoms with E-state index < -0.39 is 5.91 Å². The van der Waals surface area contributed by atoms with Crippen molar-refractivity contribution in [3.8, 4) is 6.07 Å². The van der Waals surface area contributed by atoms with Crippen molar-refractivity contribution in [3.05, 3.63) is 0 Å². The van der Waals surface area contributed by atoms with Gasteiger partial charge in [0.2, 0.25) is 0 Å². The van der Waals surface area contributed by atoms with Crippen LogP contribution in [0.5, 0.6) is 0 Å². The molecule has 0 aromatic carbocycles. The summed E-state index contributed by atoms with van der Waals surface area (Å²) < 4.78 is 0. The van der Waals surface area contributed by atoms with E-state index >= 15 is 0 Å². The van der Waals surface area contributed by atoms with E-state index in [9.17, 15) is 4.79 Å². The lowest BCUT2D eigenvalue weighted by Crippen LogP contribution is -2.32. The largest absolute Gasteiger partial charge is 0.363 e. The highest BCUT2D eigenvalue weighted by atomic mass is 16.5. The number of hydrogen-bond acceptors (Lipinski definition) is 4. The molecule has 0 bridgehead atoms. The molecule has 38 valence electrons. The smallest absolute Gasteiger partial charge is 0.270 e. The molecular formula is C2H3N3O2. The highest BCUT2D eigenvalue weighted by Gasteiger charge is 1.99. The van der Waals surface area contributed by atoms with Crippen molar-refractivity contribution in [2.24, 2.45) is 5.84 Å². The summed E-state index contributed by atoms with van der Waals surface area (Å²) in [7, 11) is 0. The van der Waals surface area contributed by atoms with Crippen LogP contribution >= 0.6 is 0 Å². The van der Waals surface area contributed by atoms with Crippen LogP contribution in [0.3, 0.4) is 0 Å². The van der Waals surface area contributed by atoms with Crippen LogP contribution in [0.2, 0.25) is 0 Å². The van der Waals surface area contributed by atoms with E-state index in [-0.39, 0.29) is 5.17 Å². The van der Waals surface area contributed by atoms with Crippen LogP contribution in [0, 0.1) is 11.3 Å². The molecule has 0 atom stereocenters. The third-order valence-corrected chi connectivity index (χ3v) is 0.304. The molecule has 0 spiro atoms. The van der Waals surface area contributed by atoms with E-state index in [1.807, 2.05) is 0 Å². The fourth-order valence-corrected chi connectivity index (χ4v) is 0.0512. The monoisotopic (exact) mass is 101 g/mol. The Morgan fingerprint density at radius 3 is 2.43 bits per heavy atom. The number of carbonyl (C=O) groups excluding carboxylic acids is 1. The minimum Gasteiger partial charge on any atom is -0.270 e. The molecule has 0 rings (SSSR count). The van der Waals surface area contributed by atoms with Crippen molar-refractivity contribution in [3.63, 3.8) is 0 Å². The Morgan fingerprint density at radius 2 is 2.43 bits per heavy atom. The second kappa shape index (κ2) is 2.12. The lowest BCUT2D eigenvalue weighted by atomic mass is 10.7. The highest BCUT2D eigenvalue weighted by Crippen LogP contribution is 1.64. The number of amides is 1. The number of nitriles is 1. The van der Waals surface area contributed by atoms with Gasteiger partial charge in [0.1, 0.15) is 0 Å². The maximum Gasteiger partial charge on any atom is 0.363 e. The van der Waals surface area contributed by atoms with E-state index in [2.05, 4.69) is 5.84 Å². The van der Waals surface area contributed by atoms with Gasteiger partial charge in [-0.25, -0.2) is 5.84 Å². The van der Waals surface area contributed by atoms with Gasteiger partial charge in [-0.15, -0.1) is 5.17 Å². The Morgan fingerprint density at radius 1 is 2.00 bits per heavy atom. The summed E-state index contributed by atoms with van der Waals surface area (Å²) in [6.07, 6.45) is 0. The maximum atomic E-state index is 9.70. The summed E-state index contributed by atoms with van der Waals surface area (Å²) in [5.74, 6) is 3.18. The fraction of sp³-hybridized carbons (Fsp3) is 0. The van der Waals surface area contributed by atoms with E-state index in [0.29, 0.717) is 0 Å². The lowest BCUT2D eigenvalue weighted by molar-refractivity contribution is -0.159.